The van der Waals surface area contributed by atoms with Crippen molar-refractivity contribution in [3.05, 3.63) is 59.7 Å². The second kappa shape index (κ2) is 5.83. The maximum atomic E-state index is 11.1. The minimum atomic E-state index is 0.121. The van der Waals surface area contributed by atoms with Crippen LogP contribution in [0.2, 0.25) is 0 Å². The standard InChI is InChI=1S/C16H13NO2/c1-12(18)9-14-3-2-4-16(10-14)19-15-7-5-13(11-17)6-8-15/h2-8,10H,9H2,1H3. The number of nitrogens with zero attached hydrogens (tertiary/aromatic N) is 1. The number of Topliss-reactive ketones (excluding diaryl/α,β-unsaturated/α-hetero) is 1. The van der Waals surface area contributed by atoms with Crippen LogP contribution in [-0.2, 0) is 11.2 Å². The van der Waals surface area contributed by atoms with Crippen LogP contribution in [0.3, 0.4) is 0 Å². The largest absolute Gasteiger partial charge is 0.457 e. The number of benzene rings is 2. The SMILES string of the molecule is CC(=O)Cc1cccc(Oc2ccc(C#N)cc2)c1. The molecule has 0 aliphatic carbocycles. The molecule has 0 aliphatic rings. The van der Waals surface area contributed by atoms with E-state index in [0.717, 1.165) is 5.56 Å². The van der Waals surface area contributed by atoms with Gasteiger partial charge >= 0.3 is 0 Å². The average Bonchev–Trinajstić information content (AvgIpc) is 2.39. The van der Waals surface area contributed by atoms with Crippen molar-refractivity contribution >= 4 is 5.78 Å². The zero-order valence-electron chi connectivity index (χ0n) is 10.6. The predicted molar refractivity (Wildman–Crippen MR) is 72.1 cm³/mol. The van der Waals surface area contributed by atoms with Crippen molar-refractivity contribution in [1.29, 1.82) is 5.26 Å². The molecule has 19 heavy (non-hydrogen) atoms. The molecule has 3 heteroatoms. The van der Waals surface area contributed by atoms with E-state index in [-0.39, 0.29) is 5.78 Å². The molecule has 2 rings (SSSR count). The smallest absolute Gasteiger partial charge is 0.134 e. The van der Waals surface area contributed by atoms with E-state index in [2.05, 4.69) is 6.07 Å². The summed E-state index contributed by atoms with van der Waals surface area (Å²) >= 11 is 0. The fourth-order valence-electron chi connectivity index (χ4n) is 1.74. The van der Waals surface area contributed by atoms with Gasteiger partial charge in [0.15, 0.2) is 0 Å². The fraction of sp³-hybridized carbons (Fsp3) is 0.125. The van der Waals surface area contributed by atoms with Gasteiger partial charge in [-0.25, -0.2) is 0 Å². The molecule has 0 amide bonds. The third-order valence-electron chi connectivity index (χ3n) is 2.57. The Labute approximate surface area is 112 Å². The Morgan fingerprint density at radius 3 is 2.53 bits per heavy atom. The summed E-state index contributed by atoms with van der Waals surface area (Å²) in [7, 11) is 0. The van der Waals surface area contributed by atoms with Crippen molar-refractivity contribution in [3.8, 4) is 17.6 Å². The highest BCUT2D eigenvalue weighted by Gasteiger charge is 2.01. The molecule has 0 aromatic heterocycles. The second-order valence-corrected chi connectivity index (χ2v) is 4.26. The lowest BCUT2D eigenvalue weighted by Crippen LogP contribution is -1.96. The van der Waals surface area contributed by atoms with Crippen LogP contribution in [0.15, 0.2) is 48.5 Å². The molecule has 0 aliphatic heterocycles. The van der Waals surface area contributed by atoms with Crippen molar-refractivity contribution in [1.82, 2.24) is 0 Å². The van der Waals surface area contributed by atoms with Gasteiger partial charge in [0.2, 0.25) is 0 Å². The Hall–Kier alpha value is -2.60. The number of ether oxygens (including phenoxy) is 1. The Bertz CT molecular complexity index is 624. The Balaban J connectivity index is 2.14. The van der Waals surface area contributed by atoms with Gasteiger partial charge in [-0.3, -0.25) is 4.79 Å². The van der Waals surface area contributed by atoms with Crippen molar-refractivity contribution in [3.63, 3.8) is 0 Å². The van der Waals surface area contributed by atoms with E-state index >= 15 is 0 Å². The van der Waals surface area contributed by atoms with Crippen molar-refractivity contribution in [2.24, 2.45) is 0 Å². The van der Waals surface area contributed by atoms with Crippen LogP contribution in [-0.4, -0.2) is 5.78 Å². The Kier molecular flexibility index (Phi) is 3.94. The third-order valence-corrected chi connectivity index (χ3v) is 2.57. The number of nitriles is 1. The summed E-state index contributed by atoms with van der Waals surface area (Å²) in [5, 5.41) is 8.72. The van der Waals surface area contributed by atoms with Crippen molar-refractivity contribution < 1.29 is 9.53 Å². The summed E-state index contributed by atoms with van der Waals surface area (Å²) in [4.78, 5) is 11.1. The summed E-state index contributed by atoms with van der Waals surface area (Å²) in [5.74, 6) is 1.47. The molecule has 3 nitrogen and oxygen atoms in total. The van der Waals surface area contributed by atoms with E-state index in [4.69, 9.17) is 10.00 Å². The number of ketones is 1. The maximum Gasteiger partial charge on any atom is 0.134 e. The van der Waals surface area contributed by atoms with Gasteiger partial charge in [-0.05, 0) is 48.9 Å². The minimum Gasteiger partial charge on any atom is -0.457 e. The molecule has 0 atom stereocenters. The van der Waals surface area contributed by atoms with Gasteiger partial charge in [0, 0.05) is 6.42 Å². The highest BCUT2D eigenvalue weighted by molar-refractivity contribution is 5.78. The molecule has 0 fully saturated rings. The number of hydrogen-bond donors (Lipinski definition) is 0. The summed E-state index contributed by atoms with van der Waals surface area (Å²) in [6.07, 6.45) is 0.407. The molecule has 0 radical (unpaired) electrons. The lowest BCUT2D eigenvalue weighted by molar-refractivity contribution is -0.116. The van der Waals surface area contributed by atoms with Gasteiger partial charge in [-0.2, -0.15) is 5.26 Å². The first kappa shape index (κ1) is 12.8. The van der Waals surface area contributed by atoms with Crippen LogP contribution in [0.25, 0.3) is 0 Å². The second-order valence-electron chi connectivity index (χ2n) is 4.26. The Morgan fingerprint density at radius 2 is 1.89 bits per heavy atom. The first-order valence-electron chi connectivity index (χ1n) is 5.94. The lowest BCUT2D eigenvalue weighted by Gasteiger charge is -2.07. The highest BCUT2D eigenvalue weighted by Crippen LogP contribution is 2.22. The molecule has 94 valence electrons. The van der Waals surface area contributed by atoms with Gasteiger partial charge < -0.3 is 4.74 Å². The summed E-state index contributed by atoms with van der Waals surface area (Å²) in [5.41, 5.74) is 1.52. The first-order chi connectivity index (χ1) is 9.17. The highest BCUT2D eigenvalue weighted by atomic mass is 16.5. The van der Waals surface area contributed by atoms with E-state index < -0.39 is 0 Å². The van der Waals surface area contributed by atoms with E-state index in [1.165, 1.54) is 0 Å². The first-order valence-corrected chi connectivity index (χ1v) is 5.94. The van der Waals surface area contributed by atoms with Crippen LogP contribution < -0.4 is 4.74 Å². The molecule has 0 heterocycles. The van der Waals surface area contributed by atoms with Crippen LogP contribution >= 0.6 is 0 Å². The fourth-order valence-corrected chi connectivity index (χ4v) is 1.74. The predicted octanol–water partition coefficient (Wildman–Crippen LogP) is 3.48. The molecule has 0 saturated carbocycles. The zero-order valence-corrected chi connectivity index (χ0v) is 10.6. The van der Waals surface area contributed by atoms with E-state index in [1.54, 1.807) is 31.2 Å². The van der Waals surface area contributed by atoms with E-state index in [9.17, 15) is 4.79 Å². The van der Waals surface area contributed by atoms with Gasteiger partial charge in [0.25, 0.3) is 0 Å². The molecule has 0 N–H and O–H groups in total. The number of hydrogen-bond acceptors (Lipinski definition) is 3. The lowest BCUT2D eigenvalue weighted by atomic mass is 10.1. The topological polar surface area (TPSA) is 50.1 Å². The molecule has 2 aromatic rings. The average molecular weight is 251 g/mol. The van der Waals surface area contributed by atoms with Crippen molar-refractivity contribution in [2.45, 2.75) is 13.3 Å². The quantitative estimate of drug-likeness (QED) is 0.835. The summed E-state index contributed by atoms with van der Waals surface area (Å²) < 4.78 is 5.68. The van der Waals surface area contributed by atoms with Crippen LogP contribution in [0.5, 0.6) is 11.5 Å². The molecule has 0 bridgehead atoms. The minimum absolute atomic E-state index is 0.121. The summed E-state index contributed by atoms with van der Waals surface area (Å²) in [6.45, 7) is 1.56. The molecule has 0 saturated heterocycles. The van der Waals surface area contributed by atoms with Gasteiger partial charge in [-0.15, -0.1) is 0 Å². The number of carbonyl (C=O) groups is 1. The molecular weight excluding hydrogens is 238 g/mol. The monoisotopic (exact) mass is 251 g/mol. The maximum absolute atomic E-state index is 11.1. The van der Waals surface area contributed by atoms with Gasteiger partial charge in [-0.1, -0.05) is 12.1 Å². The Morgan fingerprint density at radius 1 is 1.16 bits per heavy atom. The van der Waals surface area contributed by atoms with Crippen LogP contribution in [0.1, 0.15) is 18.1 Å². The normalized spacial score (nSPS) is 9.68. The zero-order chi connectivity index (χ0) is 13.7. The van der Waals surface area contributed by atoms with E-state index in [1.807, 2.05) is 24.3 Å². The molecular formula is C16H13NO2. The molecule has 0 spiro atoms. The summed E-state index contributed by atoms with van der Waals surface area (Å²) in [6, 6.07) is 16.4. The molecule has 0 unspecified atom stereocenters. The number of rotatable bonds is 4. The van der Waals surface area contributed by atoms with Crippen LogP contribution in [0.4, 0.5) is 0 Å². The molecule has 2 aromatic carbocycles. The van der Waals surface area contributed by atoms with Gasteiger partial charge in [0.1, 0.15) is 17.3 Å². The van der Waals surface area contributed by atoms with Crippen LogP contribution in [0, 0.1) is 11.3 Å². The van der Waals surface area contributed by atoms with E-state index in [0.29, 0.717) is 23.5 Å². The third kappa shape index (κ3) is 3.68. The number of carbonyl (C=O) groups excluding carboxylic acids is 1. The van der Waals surface area contributed by atoms with Gasteiger partial charge in [0.05, 0.1) is 11.6 Å². The van der Waals surface area contributed by atoms with Crippen molar-refractivity contribution in [2.75, 3.05) is 0 Å².